The van der Waals surface area contributed by atoms with Crippen LogP contribution in [-0.4, -0.2) is 61.6 Å². The van der Waals surface area contributed by atoms with E-state index in [1.165, 1.54) is 13.1 Å². The molecule has 0 heterocycles. The maximum atomic E-state index is 13.3. The molecular weight excluding hydrogens is 570 g/mol. The second-order valence-corrected chi connectivity index (χ2v) is 14.1. The van der Waals surface area contributed by atoms with Crippen molar-refractivity contribution in [1.82, 2.24) is 10.6 Å². The molecule has 11 heteroatoms. The van der Waals surface area contributed by atoms with Crippen LogP contribution in [0.15, 0.2) is 54.6 Å². The monoisotopic (exact) mass is 615 g/mol. The van der Waals surface area contributed by atoms with Crippen molar-refractivity contribution in [3.63, 3.8) is 0 Å². The number of rotatable bonds is 14. The van der Waals surface area contributed by atoms with Gasteiger partial charge < -0.3 is 20.8 Å². The number of carbonyl (C=O) groups excluding carboxylic acids is 2. The molecule has 0 saturated heterocycles. The van der Waals surface area contributed by atoms with Crippen LogP contribution in [0.1, 0.15) is 75.2 Å². The van der Waals surface area contributed by atoms with Crippen LogP contribution in [0, 0.1) is 17.8 Å². The molecule has 1 saturated carbocycles. The Labute approximate surface area is 254 Å². The lowest BCUT2D eigenvalue weighted by molar-refractivity contribution is -0.142. The SMILES string of the molecule is CC(C)C[C@H](NC(=O)c1cccc(N(C)S(=O)(=O)Cc2ccccc2)c1)[C@@H](O)C[C@@H](C)C(=O)NC1CCC(C(=O)O)CC1. The van der Waals surface area contributed by atoms with Crippen molar-refractivity contribution in [2.24, 2.45) is 17.8 Å². The second kappa shape index (κ2) is 15.3. The molecule has 0 spiro atoms. The number of nitrogens with one attached hydrogen (secondary N) is 2. The predicted molar refractivity (Wildman–Crippen MR) is 166 cm³/mol. The van der Waals surface area contributed by atoms with Crippen LogP contribution in [0.2, 0.25) is 0 Å². The van der Waals surface area contributed by atoms with Crippen molar-refractivity contribution in [1.29, 1.82) is 0 Å². The number of anilines is 1. The number of carboxylic acid groups (broad SMARTS) is 1. The first-order valence-electron chi connectivity index (χ1n) is 14.9. The van der Waals surface area contributed by atoms with E-state index in [1.807, 2.05) is 19.9 Å². The van der Waals surface area contributed by atoms with Gasteiger partial charge in [0.1, 0.15) is 0 Å². The highest BCUT2D eigenvalue weighted by molar-refractivity contribution is 7.92. The normalized spacial score (nSPS) is 19.2. The molecule has 3 rings (SSSR count). The smallest absolute Gasteiger partial charge is 0.306 e. The summed E-state index contributed by atoms with van der Waals surface area (Å²) >= 11 is 0. The molecule has 0 bridgehead atoms. The third-order valence-electron chi connectivity index (χ3n) is 8.05. The lowest BCUT2D eigenvalue weighted by atomic mass is 9.85. The van der Waals surface area contributed by atoms with Crippen LogP contribution in [0.4, 0.5) is 5.69 Å². The Hall–Kier alpha value is -3.44. The molecule has 1 aliphatic carbocycles. The molecule has 0 aliphatic heterocycles. The molecule has 2 aromatic carbocycles. The van der Waals surface area contributed by atoms with Gasteiger partial charge in [-0.2, -0.15) is 0 Å². The van der Waals surface area contributed by atoms with Gasteiger partial charge in [-0.15, -0.1) is 0 Å². The van der Waals surface area contributed by atoms with Crippen LogP contribution < -0.4 is 14.9 Å². The predicted octanol–water partition coefficient (Wildman–Crippen LogP) is 3.94. The minimum absolute atomic E-state index is 0.0872. The molecule has 236 valence electrons. The van der Waals surface area contributed by atoms with Gasteiger partial charge in [-0.3, -0.25) is 18.7 Å². The number of nitrogens with zero attached hydrogens (tertiary/aromatic N) is 1. The fourth-order valence-electron chi connectivity index (χ4n) is 5.42. The van der Waals surface area contributed by atoms with Gasteiger partial charge >= 0.3 is 5.97 Å². The third-order valence-corrected chi connectivity index (χ3v) is 9.80. The number of amides is 2. The average Bonchev–Trinajstić information content (AvgIpc) is 2.96. The van der Waals surface area contributed by atoms with Gasteiger partial charge in [0.05, 0.1) is 29.5 Å². The Morgan fingerprint density at radius 3 is 2.21 bits per heavy atom. The highest BCUT2D eigenvalue weighted by atomic mass is 32.2. The third kappa shape index (κ3) is 10.1. The summed E-state index contributed by atoms with van der Waals surface area (Å²) in [6, 6.07) is 14.5. The highest BCUT2D eigenvalue weighted by Crippen LogP contribution is 2.25. The fourth-order valence-corrected chi connectivity index (χ4v) is 6.66. The summed E-state index contributed by atoms with van der Waals surface area (Å²) in [5, 5.41) is 26.2. The zero-order valence-electron chi connectivity index (χ0n) is 25.4. The molecule has 4 N–H and O–H groups in total. The van der Waals surface area contributed by atoms with Crippen molar-refractivity contribution in [3.05, 3.63) is 65.7 Å². The second-order valence-electron chi connectivity index (χ2n) is 12.1. The van der Waals surface area contributed by atoms with E-state index in [9.17, 15) is 33.0 Å². The number of carbonyl (C=O) groups is 3. The summed E-state index contributed by atoms with van der Waals surface area (Å²) in [5.74, 6) is -2.38. The molecule has 0 aromatic heterocycles. The quantitative estimate of drug-likeness (QED) is 0.251. The van der Waals surface area contributed by atoms with Gasteiger partial charge in [-0.25, -0.2) is 8.42 Å². The summed E-state index contributed by atoms with van der Waals surface area (Å²) in [7, 11) is -2.25. The van der Waals surface area contributed by atoms with Crippen molar-refractivity contribution >= 4 is 33.5 Å². The van der Waals surface area contributed by atoms with Crippen LogP contribution in [0.3, 0.4) is 0 Å². The van der Waals surface area contributed by atoms with E-state index >= 15 is 0 Å². The van der Waals surface area contributed by atoms with E-state index in [2.05, 4.69) is 10.6 Å². The molecular formula is C32H45N3O7S. The van der Waals surface area contributed by atoms with E-state index in [1.54, 1.807) is 49.4 Å². The Balaban J connectivity index is 1.63. The minimum Gasteiger partial charge on any atom is -0.481 e. The van der Waals surface area contributed by atoms with Gasteiger partial charge in [-0.1, -0.05) is 57.2 Å². The van der Waals surface area contributed by atoms with Crippen LogP contribution in [0.25, 0.3) is 0 Å². The van der Waals surface area contributed by atoms with E-state index in [4.69, 9.17) is 0 Å². The molecule has 1 fully saturated rings. The van der Waals surface area contributed by atoms with Crippen molar-refractivity contribution in [2.75, 3.05) is 11.4 Å². The summed E-state index contributed by atoms with van der Waals surface area (Å²) in [5.41, 5.74) is 1.25. The average molecular weight is 616 g/mol. The summed E-state index contributed by atoms with van der Waals surface area (Å²) in [6.07, 6.45) is 1.87. The van der Waals surface area contributed by atoms with Gasteiger partial charge in [0.2, 0.25) is 15.9 Å². The number of benzene rings is 2. The number of aliphatic carboxylic acids is 1. The number of carboxylic acids is 1. The van der Waals surface area contributed by atoms with Crippen molar-refractivity contribution in [3.8, 4) is 0 Å². The van der Waals surface area contributed by atoms with E-state index in [-0.39, 0.29) is 41.5 Å². The van der Waals surface area contributed by atoms with E-state index < -0.39 is 40.0 Å². The molecule has 2 aromatic rings. The highest BCUT2D eigenvalue weighted by Gasteiger charge is 2.30. The van der Waals surface area contributed by atoms with Crippen molar-refractivity contribution < 1.29 is 33.0 Å². The minimum atomic E-state index is -3.70. The Morgan fingerprint density at radius 2 is 1.60 bits per heavy atom. The fraction of sp³-hybridized carbons (Fsp3) is 0.531. The first-order valence-corrected chi connectivity index (χ1v) is 16.5. The van der Waals surface area contributed by atoms with Gasteiger partial charge in [0.25, 0.3) is 5.91 Å². The lowest BCUT2D eigenvalue weighted by Gasteiger charge is -2.30. The number of sulfonamides is 1. The number of hydrogen-bond donors (Lipinski definition) is 4. The van der Waals surface area contributed by atoms with Crippen LogP contribution >= 0.6 is 0 Å². The molecule has 3 atom stereocenters. The molecule has 1 aliphatic rings. The molecule has 10 nitrogen and oxygen atoms in total. The van der Waals surface area contributed by atoms with E-state index in [0.717, 1.165) is 4.31 Å². The van der Waals surface area contributed by atoms with Crippen LogP contribution in [0.5, 0.6) is 0 Å². The number of aliphatic hydroxyl groups excluding tert-OH is 1. The largest absolute Gasteiger partial charge is 0.481 e. The lowest BCUT2D eigenvalue weighted by Crippen LogP contribution is -2.47. The van der Waals surface area contributed by atoms with Crippen molar-refractivity contribution in [2.45, 2.75) is 83.2 Å². The topological polar surface area (TPSA) is 153 Å². The summed E-state index contributed by atoms with van der Waals surface area (Å²) < 4.78 is 27.2. The molecule has 0 unspecified atom stereocenters. The number of hydrogen-bond acceptors (Lipinski definition) is 6. The first-order chi connectivity index (χ1) is 20.3. The summed E-state index contributed by atoms with van der Waals surface area (Å²) in [6.45, 7) is 5.68. The molecule has 0 radical (unpaired) electrons. The maximum absolute atomic E-state index is 13.3. The maximum Gasteiger partial charge on any atom is 0.306 e. The van der Waals surface area contributed by atoms with Gasteiger partial charge in [0, 0.05) is 24.6 Å². The zero-order valence-corrected chi connectivity index (χ0v) is 26.2. The standard InChI is InChI=1S/C32H45N3O7S/c1-21(2)17-28(29(36)18-22(3)30(37)33-26-15-13-24(14-16-26)32(39)40)34-31(38)25-11-8-12-27(19-25)35(4)43(41,42)20-23-9-6-5-7-10-23/h5-12,19,21-22,24,26,28-29,36H,13-18,20H2,1-4H3,(H,33,37)(H,34,38)(H,39,40)/t22-,24?,26?,28+,29+/m1/s1. The van der Waals surface area contributed by atoms with Gasteiger partial charge in [0.15, 0.2) is 0 Å². The first kappa shape index (κ1) is 34.1. The van der Waals surface area contributed by atoms with Crippen LogP contribution in [-0.2, 0) is 25.4 Å². The molecule has 43 heavy (non-hydrogen) atoms. The summed E-state index contributed by atoms with van der Waals surface area (Å²) in [4.78, 5) is 37.4. The Morgan fingerprint density at radius 1 is 0.953 bits per heavy atom. The number of aliphatic hydroxyl groups is 1. The Bertz CT molecular complexity index is 1340. The molecule has 2 amide bonds. The van der Waals surface area contributed by atoms with E-state index in [0.29, 0.717) is 43.4 Å². The zero-order chi connectivity index (χ0) is 31.7. The Kier molecular flexibility index (Phi) is 12.1. The van der Waals surface area contributed by atoms with Gasteiger partial charge in [-0.05, 0) is 68.2 Å².